The lowest BCUT2D eigenvalue weighted by Crippen LogP contribution is -2.32. The Labute approximate surface area is 123 Å². The smallest absolute Gasteiger partial charge is 0.272 e. The molecule has 0 N–H and O–H groups in total. The van der Waals surface area contributed by atoms with Crippen LogP contribution in [-0.4, -0.2) is 27.1 Å². The molecule has 1 aromatic carbocycles. The molecule has 2 aromatic rings. The SMILES string of the molecule is CCn1nccc1C(=O)N1CCC[C@@H]1c1cccc(F)c1. The first-order chi connectivity index (χ1) is 10.2. The predicted molar refractivity (Wildman–Crippen MR) is 77.3 cm³/mol. The molecule has 0 spiro atoms. The predicted octanol–water partition coefficient (Wildman–Crippen LogP) is 3.02. The van der Waals surface area contributed by atoms with Crippen molar-refractivity contribution in [1.82, 2.24) is 14.7 Å². The van der Waals surface area contributed by atoms with Gasteiger partial charge < -0.3 is 4.90 Å². The minimum Gasteiger partial charge on any atom is -0.330 e. The van der Waals surface area contributed by atoms with Crippen LogP contribution in [0.25, 0.3) is 0 Å². The molecule has 1 saturated heterocycles. The van der Waals surface area contributed by atoms with E-state index in [-0.39, 0.29) is 17.8 Å². The van der Waals surface area contributed by atoms with E-state index >= 15 is 0 Å². The Morgan fingerprint density at radius 2 is 2.29 bits per heavy atom. The van der Waals surface area contributed by atoms with Gasteiger partial charge >= 0.3 is 0 Å². The maximum absolute atomic E-state index is 13.4. The van der Waals surface area contributed by atoms with Crippen molar-refractivity contribution in [3.63, 3.8) is 0 Å². The Morgan fingerprint density at radius 3 is 3.05 bits per heavy atom. The minimum absolute atomic E-state index is 0.0267. The number of amides is 1. The standard InChI is InChI=1S/C16H18FN3O/c1-2-20-15(8-9-18-20)16(21)19-10-4-7-14(19)12-5-3-6-13(17)11-12/h3,5-6,8-9,11,14H,2,4,7,10H2,1H3/t14-/m1/s1. The highest BCUT2D eigenvalue weighted by Crippen LogP contribution is 2.33. The average Bonchev–Trinajstić information content (AvgIpc) is 3.15. The molecule has 5 heteroatoms. The lowest BCUT2D eigenvalue weighted by atomic mass is 10.0. The number of hydrogen-bond acceptors (Lipinski definition) is 2. The van der Waals surface area contributed by atoms with Crippen LogP contribution in [0, 0.1) is 5.82 Å². The van der Waals surface area contributed by atoms with Crippen LogP contribution in [-0.2, 0) is 6.54 Å². The molecule has 1 fully saturated rings. The third-order valence-electron chi connectivity index (χ3n) is 3.98. The molecular formula is C16H18FN3O. The zero-order chi connectivity index (χ0) is 14.8. The summed E-state index contributed by atoms with van der Waals surface area (Å²) < 4.78 is 15.1. The van der Waals surface area contributed by atoms with Gasteiger partial charge in [0.2, 0.25) is 0 Å². The van der Waals surface area contributed by atoms with Crippen LogP contribution in [0.2, 0.25) is 0 Å². The van der Waals surface area contributed by atoms with Crippen molar-refractivity contribution in [3.8, 4) is 0 Å². The summed E-state index contributed by atoms with van der Waals surface area (Å²) in [5, 5.41) is 4.15. The summed E-state index contributed by atoms with van der Waals surface area (Å²) in [5.41, 5.74) is 1.46. The number of carbonyl (C=O) groups excluding carboxylic acids is 1. The van der Waals surface area contributed by atoms with Gasteiger partial charge in [-0.1, -0.05) is 12.1 Å². The number of likely N-dealkylation sites (tertiary alicyclic amines) is 1. The molecule has 0 radical (unpaired) electrons. The van der Waals surface area contributed by atoms with E-state index in [1.54, 1.807) is 23.0 Å². The number of rotatable bonds is 3. The number of nitrogens with zero attached hydrogens (tertiary/aromatic N) is 3. The van der Waals surface area contributed by atoms with Gasteiger partial charge in [0.1, 0.15) is 11.5 Å². The van der Waals surface area contributed by atoms with E-state index in [0.717, 1.165) is 18.4 Å². The van der Waals surface area contributed by atoms with Gasteiger partial charge in [-0.15, -0.1) is 0 Å². The Bertz CT molecular complexity index is 652. The second-order valence-electron chi connectivity index (χ2n) is 5.24. The Morgan fingerprint density at radius 1 is 1.43 bits per heavy atom. The highest BCUT2D eigenvalue weighted by Gasteiger charge is 2.32. The molecule has 1 aromatic heterocycles. The van der Waals surface area contributed by atoms with Gasteiger partial charge in [-0.25, -0.2) is 4.39 Å². The van der Waals surface area contributed by atoms with Gasteiger partial charge in [-0.3, -0.25) is 9.48 Å². The Hall–Kier alpha value is -2.17. The number of hydrogen-bond donors (Lipinski definition) is 0. The van der Waals surface area contributed by atoms with E-state index in [1.165, 1.54) is 12.1 Å². The fourth-order valence-corrected chi connectivity index (χ4v) is 2.98. The Kier molecular flexibility index (Phi) is 3.73. The summed E-state index contributed by atoms with van der Waals surface area (Å²) in [5.74, 6) is -0.286. The summed E-state index contributed by atoms with van der Waals surface area (Å²) >= 11 is 0. The summed E-state index contributed by atoms with van der Waals surface area (Å²) in [7, 11) is 0. The van der Waals surface area contributed by atoms with E-state index in [0.29, 0.717) is 18.8 Å². The number of benzene rings is 1. The van der Waals surface area contributed by atoms with Gasteiger partial charge in [0.15, 0.2) is 0 Å². The van der Waals surface area contributed by atoms with E-state index in [2.05, 4.69) is 5.10 Å². The number of aryl methyl sites for hydroxylation is 1. The van der Waals surface area contributed by atoms with Crippen LogP contribution in [0.15, 0.2) is 36.5 Å². The molecule has 21 heavy (non-hydrogen) atoms. The zero-order valence-electron chi connectivity index (χ0n) is 12.0. The molecule has 3 rings (SSSR count). The van der Waals surface area contributed by atoms with Crippen LogP contribution in [0.1, 0.15) is 41.9 Å². The second kappa shape index (κ2) is 5.68. The summed E-state index contributed by atoms with van der Waals surface area (Å²) in [6.07, 6.45) is 3.45. The third-order valence-corrected chi connectivity index (χ3v) is 3.98. The normalized spacial score (nSPS) is 18.2. The summed E-state index contributed by atoms with van der Waals surface area (Å²) in [6, 6.07) is 8.23. The molecule has 1 aliphatic rings. The maximum atomic E-state index is 13.4. The lowest BCUT2D eigenvalue weighted by molar-refractivity contribution is 0.0723. The molecule has 0 bridgehead atoms. The van der Waals surface area contributed by atoms with E-state index in [9.17, 15) is 9.18 Å². The van der Waals surface area contributed by atoms with Gasteiger partial charge in [0.05, 0.1) is 6.04 Å². The third kappa shape index (κ3) is 2.55. The van der Waals surface area contributed by atoms with Crippen molar-refractivity contribution in [2.75, 3.05) is 6.54 Å². The van der Waals surface area contributed by atoms with E-state index < -0.39 is 0 Å². The van der Waals surface area contributed by atoms with Crippen LogP contribution in [0.4, 0.5) is 4.39 Å². The molecule has 4 nitrogen and oxygen atoms in total. The van der Waals surface area contributed by atoms with Crippen molar-refractivity contribution in [2.24, 2.45) is 0 Å². The largest absolute Gasteiger partial charge is 0.330 e. The van der Waals surface area contributed by atoms with Gasteiger partial charge in [-0.05, 0) is 43.5 Å². The maximum Gasteiger partial charge on any atom is 0.272 e. The first-order valence-electron chi connectivity index (χ1n) is 7.29. The monoisotopic (exact) mass is 287 g/mol. The summed E-state index contributed by atoms with van der Waals surface area (Å²) in [4.78, 5) is 14.6. The molecule has 110 valence electrons. The minimum atomic E-state index is -0.259. The molecule has 0 aliphatic carbocycles. The summed E-state index contributed by atoms with van der Waals surface area (Å²) in [6.45, 7) is 3.32. The van der Waals surface area contributed by atoms with Crippen molar-refractivity contribution in [3.05, 3.63) is 53.6 Å². The molecule has 2 heterocycles. The first kappa shape index (κ1) is 13.8. The number of halogens is 1. The van der Waals surface area contributed by atoms with Gasteiger partial charge in [0, 0.05) is 19.3 Å². The second-order valence-corrected chi connectivity index (χ2v) is 5.24. The molecule has 0 unspecified atom stereocenters. The molecular weight excluding hydrogens is 269 g/mol. The van der Waals surface area contributed by atoms with Crippen molar-refractivity contribution in [2.45, 2.75) is 32.4 Å². The number of aromatic nitrogens is 2. The van der Waals surface area contributed by atoms with Crippen LogP contribution in [0.3, 0.4) is 0 Å². The molecule has 1 atom stereocenters. The first-order valence-corrected chi connectivity index (χ1v) is 7.29. The fraction of sp³-hybridized carbons (Fsp3) is 0.375. The molecule has 0 saturated carbocycles. The zero-order valence-corrected chi connectivity index (χ0v) is 12.0. The molecule has 1 amide bonds. The van der Waals surface area contributed by atoms with Gasteiger partial charge in [0.25, 0.3) is 5.91 Å². The highest BCUT2D eigenvalue weighted by atomic mass is 19.1. The van der Waals surface area contributed by atoms with Crippen LogP contribution in [0.5, 0.6) is 0 Å². The Balaban J connectivity index is 1.89. The van der Waals surface area contributed by atoms with Crippen LogP contribution < -0.4 is 0 Å². The highest BCUT2D eigenvalue weighted by molar-refractivity contribution is 5.93. The van der Waals surface area contributed by atoms with E-state index in [1.807, 2.05) is 17.9 Å². The van der Waals surface area contributed by atoms with Crippen molar-refractivity contribution >= 4 is 5.91 Å². The van der Waals surface area contributed by atoms with Crippen molar-refractivity contribution in [1.29, 1.82) is 0 Å². The topological polar surface area (TPSA) is 38.1 Å². The van der Waals surface area contributed by atoms with Crippen LogP contribution >= 0.6 is 0 Å². The van der Waals surface area contributed by atoms with E-state index in [4.69, 9.17) is 0 Å². The van der Waals surface area contributed by atoms with Gasteiger partial charge in [-0.2, -0.15) is 5.10 Å². The number of carbonyl (C=O) groups is 1. The van der Waals surface area contributed by atoms with Crippen molar-refractivity contribution < 1.29 is 9.18 Å². The quantitative estimate of drug-likeness (QED) is 0.870. The molecule has 1 aliphatic heterocycles. The fourth-order valence-electron chi connectivity index (χ4n) is 2.98. The average molecular weight is 287 g/mol. The lowest BCUT2D eigenvalue weighted by Gasteiger charge is -2.25.